The van der Waals surface area contributed by atoms with E-state index in [2.05, 4.69) is 134 Å². The number of aryl methyl sites for hydroxylation is 2. The third-order valence-electron chi connectivity index (χ3n) is 8.72. The molecule has 0 spiro atoms. The highest BCUT2D eigenvalue weighted by Gasteiger charge is 2.19. The maximum atomic E-state index is 10.4. The highest BCUT2D eigenvalue weighted by Crippen LogP contribution is 2.44. The molecule has 4 heteroatoms. The third kappa shape index (κ3) is 3.56. The zero-order valence-corrected chi connectivity index (χ0v) is 25.2. The summed E-state index contributed by atoms with van der Waals surface area (Å²) in [5.74, 6) is 0. The van der Waals surface area contributed by atoms with Crippen LogP contribution in [-0.2, 0) is 0 Å². The summed E-state index contributed by atoms with van der Waals surface area (Å²) < 4.78 is 7.24. The third-order valence-corrected chi connectivity index (χ3v) is 11.2. The van der Waals surface area contributed by atoms with Crippen molar-refractivity contribution in [3.05, 3.63) is 126 Å². The van der Waals surface area contributed by atoms with E-state index in [9.17, 15) is 5.26 Å². The minimum atomic E-state index is 0.725. The van der Waals surface area contributed by atoms with Gasteiger partial charge in [-0.15, -0.1) is 22.7 Å². The van der Waals surface area contributed by atoms with Gasteiger partial charge in [0.25, 0.3) is 0 Å². The van der Waals surface area contributed by atoms with E-state index >= 15 is 0 Å². The van der Waals surface area contributed by atoms with E-state index in [1.54, 1.807) is 11.3 Å². The summed E-state index contributed by atoms with van der Waals surface area (Å²) in [6.07, 6.45) is 0. The van der Waals surface area contributed by atoms with Crippen molar-refractivity contribution < 1.29 is 0 Å². The van der Waals surface area contributed by atoms with Crippen LogP contribution >= 0.6 is 22.7 Å². The summed E-state index contributed by atoms with van der Waals surface area (Å²) >= 11 is 3.56. The normalized spacial score (nSPS) is 11.9. The van der Waals surface area contributed by atoms with Gasteiger partial charge < -0.3 is 4.57 Å². The predicted octanol–water partition coefficient (Wildman–Crippen LogP) is 11.7. The zero-order chi connectivity index (χ0) is 28.8. The Morgan fingerprint density at radius 1 is 0.535 bits per heavy atom. The monoisotopic (exact) mass is 584 g/mol. The van der Waals surface area contributed by atoms with Gasteiger partial charge in [0, 0.05) is 41.7 Å². The zero-order valence-electron chi connectivity index (χ0n) is 23.6. The lowest BCUT2D eigenvalue weighted by Gasteiger charge is -2.09. The van der Waals surface area contributed by atoms with Crippen LogP contribution in [0.2, 0.25) is 0 Å². The first-order valence-corrected chi connectivity index (χ1v) is 16.0. The molecule has 0 amide bonds. The van der Waals surface area contributed by atoms with Crippen molar-refractivity contribution in [3.8, 4) is 22.9 Å². The van der Waals surface area contributed by atoms with E-state index in [0.29, 0.717) is 0 Å². The Morgan fingerprint density at radius 3 is 2.00 bits per heavy atom. The molecule has 0 bridgehead atoms. The molecule has 0 atom stereocenters. The molecular formula is C39H24N2S2. The van der Waals surface area contributed by atoms with E-state index in [1.165, 1.54) is 63.2 Å². The molecule has 202 valence electrons. The van der Waals surface area contributed by atoms with Gasteiger partial charge >= 0.3 is 0 Å². The molecule has 0 saturated carbocycles. The fourth-order valence-corrected chi connectivity index (χ4v) is 9.06. The van der Waals surface area contributed by atoms with Crippen LogP contribution < -0.4 is 0 Å². The largest absolute Gasteiger partial charge is 0.308 e. The van der Waals surface area contributed by atoms with Crippen LogP contribution in [-0.4, -0.2) is 4.57 Å². The Balaban J connectivity index is 1.32. The second kappa shape index (κ2) is 9.02. The Bertz CT molecular complexity index is 2600. The van der Waals surface area contributed by atoms with Crippen LogP contribution in [0, 0.1) is 25.2 Å². The molecule has 0 N–H and O–H groups in total. The number of aromatic nitrogens is 1. The molecule has 0 radical (unpaired) electrons. The standard InChI is InChI=1S/C39H24N2S2/c1-22-10-13-33-29(16-22)30-17-23(2)11-14-34(30)41(33)35-8-5-7-28-32-20-25(18-26(21-40)38(32)43-39(28)35)24-12-15-37-31(19-24)27-6-3-4-9-36(27)42-37/h3-20H,1-2H3. The summed E-state index contributed by atoms with van der Waals surface area (Å²) in [5, 5.41) is 17.8. The van der Waals surface area contributed by atoms with Gasteiger partial charge in [-0.05, 0) is 85.6 Å². The molecule has 0 aliphatic rings. The molecule has 3 aromatic heterocycles. The van der Waals surface area contributed by atoms with E-state index in [0.717, 1.165) is 32.5 Å². The SMILES string of the molecule is Cc1ccc2c(c1)c1cc(C)ccc1n2-c1cccc2c1sc1c(C#N)cc(-c3ccc4sc5ccccc5c4c3)cc12. The lowest BCUT2D eigenvalue weighted by atomic mass is 9.98. The number of fused-ring (bicyclic) bond motifs is 9. The minimum absolute atomic E-state index is 0.725. The summed E-state index contributed by atoms with van der Waals surface area (Å²) in [6, 6.07) is 42.3. The maximum Gasteiger partial charge on any atom is 0.101 e. The van der Waals surface area contributed by atoms with Crippen LogP contribution in [0.5, 0.6) is 0 Å². The molecule has 2 nitrogen and oxygen atoms in total. The second-order valence-corrected chi connectivity index (χ2v) is 13.6. The van der Waals surface area contributed by atoms with Gasteiger partial charge in [-0.1, -0.05) is 59.7 Å². The summed E-state index contributed by atoms with van der Waals surface area (Å²) in [5.41, 5.74) is 9.02. The highest BCUT2D eigenvalue weighted by atomic mass is 32.1. The fraction of sp³-hybridized carbons (Fsp3) is 0.0513. The highest BCUT2D eigenvalue weighted by molar-refractivity contribution is 7.26. The summed E-state index contributed by atoms with van der Waals surface area (Å²) in [7, 11) is 0. The second-order valence-electron chi connectivity index (χ2n) is 11.5. The lowest BCUT2D eigenvalue weighted by Crippen LogP contribution is -1.94. The van der Waals surface area contributed by atoms with Gasteiger partial charge in [-0.3, -0.25) is 0 Å². The maximum absolute atomic E-state index is 10.4. The van der Waals surface area contributed by atoms with Gasteiger partial charge in [-0.2, -0.15) is 5.26 Å². The Hall–Kier alpha value is -4.95. The topological polar surface area (TPSA) is 28.7 Å². The molecular weight excluding hydrogens is 561 g/mol. The Labute approximate surface area is 256 Å². The molecule has 0 aliphatic heterocycles. The van der Waals surface area contributed by atoms with Crippen LogP contribution in [0.25, 0.3) is 79.0 Å². The van der Waals surface area contributed by atoms with E-state index in [1.807, 2.05) is 11.3 Å². The number of hydrogen-bond acceptors (Lipinski definition) is 3. The molecule has 0 unspecified atom stereocenters. The van der Waals surface area contributed by atoms with Crippen LogP contribution in [0.1, 0.15) is 16.7 Å². The van der Waals surface area contributed by atoms with Crippen molar-refractivity contribution in [2.24, 2.45) is 0 Å². The van der Waals surface area contributed by atoms with Crippen molar-refractivity contribution in [2.45, 2.75) is 13.8 Å². The fourth-order valence-electron chi connectivity index (χ4n) is 6.73. The Morgan fingerprint density at radius 2 is 1.23 bits per heavy atom. The van der Waals surface area contributed by atoms with E-state index in [4.69, 9.17) is 0 Å². The molecule has 43 heavy (non-hydrogen) atoms. The first-order chi connectivity index (χ1) is 21.1. The quantitative estimate of drug-likeness (QED) is 0.199. The molecule has 6 aromatic carbocycles. The van der Waals surface area contributed by atoms with Crippen molar-refractivity contribution in [1.82, 2.24) is 4.57 Å². The molecule has 9 aromatic rings. The first kappa shape index (κ1) is 24.6. The van der Waals surface area contributed by atoms with Crippen LogP contribution in [0.3, 0.4) is 0 Å². The molecule has 0 aliphatic carbocycles. The van der Waals surface area contributed by atoms with Crippen molar-refractivity contribution >= 4 is 84.8 Å². The molecule has 0 saturated heterocycles. The smallest absolute Gasteiger partial charge is 0.101 e. The van der Waals surface area contributed by atoms with Gasteiger partial charge in [0.2, 0.25) is 0 Å². The van der Waals surface area contributed by atoms with Gasteiger partial charge in [0.1, 0.15) is 6.07 Å². The molecule has 3 heterocycles. The average Bonchev–Trinajstić information content (AvgIpc) is 3.69. The van der Waals surface area contributed by atoms with E-state index < -0.39 is 0 Å². The van der Waals surface area contributed by atoms with Gasteiger partial charge in [0.15, 0.2) is 0 Å². The number of rotatable bonds is 2. The van der Waals surface area contributed by atoms with E-state index in [-0.39, 0.29) is 0 Å². The van der Waals surface area contributed by atoms with Gasteiger partial charge in [0.05, 0.1) is 31.7 Å². The average molecular weight is 585 g/mol. The van der Waals surface area contributed by atoms with Crippen LogP contribution in [0.4, 0.5) is 0 Å². The number of benzene rings is 6. The number of thiophene rings is 2. The number of nitrogens with zero attached hydrogens (tertiary/aromatic N) is 2. The van der Waals surface area contributed by atoms with Crippen LogP contribution in [0.15, 0.2) is 109 Å². The van der Waals surface area contributed by atoms with Crippen molar-refractivity contribution in [2.75, 3.05) is 0 Å². The summed E-state index contributed by atoms with van der Waals surface area (Å²) in [4.78, 5) is 0. The molecule has 0 fully saturated rings. The predicted molar refractivity (Wildman–Crippen MR) is 186 cm³/mol. The van der Waals surface area contributed by atoms with Crippen molar-refractivity contribution in [3.63, 3.8) is 0 Å². The minimum Gasteiger partial charge on any atom is -0.308 e. The van der Waals surface area contributed by atoms with Gasteiger partial charge in [-0.25, -0.2) is 0 Å². The Kier molecular flexibility index (Phi) is 5.17. The molecule has 9 rings (SSSR count). The first-order valence-electron chi connectivity index (χ1n) is 14.4. The summed E-state index contributed by atoms with van der Waals surface area (Å²) in [6.45, 7) is 4.31. The van der Waals surface area contributed by atoms with Crippen molar-refractivity contribution in [1.29, 1.82) is 5.26 Å². The number of hydrogen-bond donors (Lipinski definition) is 0. The number of nitriles is 1. The lowest BCUT2D eigenvalue weighted by molar-refractivity contribution is 1.20.